The zero-order chi connectivity index (χ0) is 19.8. The molecular formula is C22H40N4O2. The van der Waals surface area contributed by atoms with Gasteiger partial charge in [0.2, 0.25) is 11.8 Å². The predicted molar refractivity (Wildman–Crippen MR) is 112 cm³/mol. The normalized spacial score (nSPS) is 23.7. The molecule has 160 valence electrons. The number of likely N-dealkylation sites (tertiary alicyclic amines) is 1. The van der Waals surface area contributed by atoms with Gasteiger partial charge in [-0.2, -0.15) is 0 Å². The molecule has 2 saturated heterocycles. The third-order valence-electron chi connectivity index (χ3n) is 7.02. The van der Waals surface area contributed by atoms with Gasteiger partial charge in [-0.15, -0.1) is 0 Å². The van der Waals surface area contributed by atoms with Crippen molar-refractivity contribution in [1.29, 1.82) is 0 Å². The van der Waals surface area contributed by atoms with Crippen molar-refractivity contribution in [3.8, 4) is 0 Å². The molecule has 0 aromatic rings. The van der Waals surface area contributed by atoms with Gasteiger partial charge in [0.05, 0.1) is 0 Å². The van der Waals surface area contributed by atoms with Crippen molar-refractivity contribution in [2.24, 2.45) is 11.8 Å². The molecule has 1 N–H and O–H groups in total. The summed E-state index contributed by atoms with van der Waals surface area (Å²) in [6.07, 6.45) is 8.44. The van der Waals surface area contributed by atoms with Crippen molar-refractivity contribution in [3.05, 3.63) is 0 Å². The molecule has 6 heteroatoms. The minimum absolute atomic E-state index is 0.184. The van der Waals surface area contributed by atoms with Gasteiger partial charge >= 0.3 is 0 Å². The van der Waals surface area contributed by atoms with Gasteiger partial charge in [0, 0.05) is 64.7 Å². The largest absolute Gasteiger partial charge is 0.355 e. The lowest BCUT2D eigenvalue weighted by atomic mass is 9.87. The lowest BCUT2D eigenvalue weighted by Crippen LogP contribution is -2.48. The predicted octanol–water partition coefficient (Wildman–Crippen LogP) is 1.95. The van der Waals surface area contributed by atoms with E-state index in [0.717, 1.165) is 84.6 Å². The Morgan fingerprint density at radius 3 is 2.14 bits per heavy atom. The van der Waals surface area contributed by atoms with Gasteiger partial charge in [-0.05, 0) is 38.1 Å². The van der Waals surface area contributed by atoms with Crippen molar-refractivity contribution in [3.63, 3.8) is 0 Å². The van der Waals surface area contributed by atoms with E-state index in [9.17, 15) is 9.59 Å². The summed E-state index contributed by atoms with van der Waals surface area (Å²) < 4.78 is 0. The minimum Gasteiger partial charge on any atom is -0.355 e. The summed E-state index contributed by atoms with van der Waals surface area (Å²) in [4.78, 5) is 31.9. The van der Waals surface area contributed by atoms with Gasteiger partial charge < -0.3 is 15.1 Å². The van der Waals surface area contributed by atoms with E-state index >= 15 is 0 Å². The van der Waals surface area contributed by atoms with Gasteiger partial charge in [-0.1, -0.05) is 26.2 Å². The molecule has 2 heterocycles. The highest BCUT2D eigenvalue weighted by Crippen LogP contribution is 2.28. The molecule has 1 aliphatic carbocycles. The smallest absolute Gasteiger partial charge is 0.225 e. The molecule has 0 unspecified atom stereocenters. The third-order valence-corrected chi connectivity index (χ3v) is 7.02. The Hall–Kier alpha value is -1.14. The van der Waals surface area contributed by atoms with Crippen molar-refractivity contribution >= 4 is 11.8 Å². The van der Waals surface area contributed by atoms with Crippen LogP contribution in [0, 0.1) is 11.8 Å². The number of carbonyl (C=O) groups excluding carboxylic acids is 2. The first kappa shape index (κ1) is 21.6. The van der Waals surface area contributed by atoms with Gasteiger partial charge in [0.15, 0.2) is 0 Å². The summed E-state index contributed by atoms with van der Waals surface area (Å²) in [7, 11) is 0. The van der Waals surface area contributed by atoms with Crippen LogP contribution in [0.25, 0.3) is 0 Å². The molecule has 0 aromatic heterocycles. The number of likely N-dealkylation sites (N-methyl/N-ethyl adjacent to an activating group) is 1. The SMILES string of the molecule is CCN1CCN(CCNC(=O)CC2CCN(C(=O)C3CCCCC3)CC2)CC1. The second-order valence-electron chi connectivity index (χ2n) is 8.93. The van der Waals surface area contributed by atoms with E-state index in [1.54, 1.807) is 0 Å². The van der Waals surface area contributed by atoms with Crippen LogP contribution in [0.15, 0.2) is 0 Å². The zero-order valence-electron chi connectivity index (χ0n) is 17.8. The Bertz CT molecular complexity index is 491. The maximum Gasteiger partial charge on any atom is 0.225 e. The van der Waals surface area contributed by atoms with E-state index < -0.39 is 0 Å². The van der Waals surface area contributed by atoms with Gasteiger partial charge in [0.25, 0.3) is 0 Å². The molecule has 0 spiro atoms. The van der Waals surface area contributed by atoms with Crippen LogP contribution in [-0.2, 0) is 9.59 Å². The molecule has 0 bridgehead atoms. The van der Waals surface area contributed by atoms with Gasteiger partial charge in [-0.3, -0.25) is 14.5 Å². The van der Waals surface area contributed by atoms with Crippen LogP contribution in [0.1, 0.15) is 58.3 Å². The monoisotopic (exact) mass is 392 g/mol. The Labute approximate surface area is 171 Å². The van der Waals surface area contributed by atoms with Crippen LogP contribution in [0.2, 0.25) is 0 Å². The third kappa shape index (κ3) is 6.45. The highest BCUT2D eigenvalue weighted by molar-refractivity contribution is 5.79. The fraction of sp³-hybridized carbons (Fsp3) is 0.909. The number of amides is 2. The Balaban J connectivity index is 1.27. The van der Waals surface area contributed by atoms with Crippen LogP contribution < -0.4 is 5.32 Å². The van der Waals surface area contributed by atoms with E-state index in [1.807, 2.05) is 0 Å². The standard InChI is InChI=1S/C22H40N4O2/c1-2-24-14-16-25(17-15-24)13-10-23-21(27)18-19-8-11-26(12-9-19)22(28)20-6-4-3-5-7-20/h19-20H,2-18H2,1H3,(H,23,27). The summed E-state index contributed by atoms with van der Waals surface area (Å²) in [5.74, 6) is 1.27. The zero-order valence-corrected chi connectivity index (χ0v) is 17.8. The molecule has 0 radical (unpaired) electrons. The maximum atomic E-state index is 12.7. The molecule has 1 saturated carbocycles. The molecule has 3 rings (SSSR count). The Morgan fingerprint density at radius 1 is 0.857 bits per heavy atom. The van der Waals surface area contributed by atoms with Crippen molar-refractivity contribution < 1.29 is 9.59 Å². The van der Waals surface area contributed by atoms with Gasteiger partial charge in [-0.25, -0.2) is 0 Å². The maximum absolute atomic E-state index is 12.7. The first-order valence-corrected chi connectivity index (χ1v) is 11.7. The number of carbonyl (C=O) groups is 2. The lowest BCUT2D eigenvalue weighted by Gasteiger charge is -2.35. The summed E-state index contributed by atoms with van der Waals surface area (Å²) in [6, 6.07) is 0. The van der Waals surface area contributed by atoms with Crippen LogP contribution in [0.5, 0.6) is 0 Å². The van der Waals surface area contributed by atoms with E-state index in [2.05, 4.69) is 26.9 Å². The minimum atomic E-state index is 0.184. The van der Waals surface area contributed by atoms with E-state index in [1.165, 1.54) is 19.3 Å². The summed E-state index contributed by atoms with van der Waals surface area (Å²) >= 11 is 0. The molecule has 28 heavy (non-hydrogen) atoms. The van der Waals surface area contributed by atoms with Gasteiger partial charge in [0.1, 0.15) is 0 Å². The fourth-order valence-corrected chi connectivity index (χ4v) is 4.98. The summed E-state index contributed by atoms with van der Waals surface area (Å²) in [5.41, 5.74) is 0. The van der Waals surface area contributed by atoms with E-state index in [0.29, 0.717) is 18.2 Å². The summed E-state index contributed by atoms with van der Waals surface area (Å²) in [6.45, 7) is 11.2. The fourth-order valence-electron chi connectivity index (χ4n) is 4.98. The molecule has 0 atom stereocenters. The molecule has 2 amide bonds. The Kier molecular flexibility index (Phi) is 8.59. The highest BCUT2D eigenvalue weighted by atomic mass is 16.2. The average Bonchev–Trinajstić information content (AvgIpc) is 2.75. The molecule has 6 nitrogen and oxygen atoms in total. The number of hydrogen-bond donors (Lipinski definition) is 1. The second kappa shape index (κ2) is 11.1. The van der Waals surface area contributed by atoms with E-state index in [4.69, 9.17) is 0 Å². The Morgan fingerprint density at radius 2 is 1.50 bits per heavy atom. The number of nitrogens with zero attached hydrogens (tertiary/aromatic N) is 3. The topological polar surface area (TPSA) is 55.9 Å². The molecular weight excluding hydrogens is 352 g/mol. The van der Waals surface area contributed by atoms with Crippen molar-refractivity contribution in [2.45, 2.75) is 58.3 Å². The number of nitrogens with one attached hydrogen (secondary N) is 1. The average molecular weight is 393 g/mol. The number of piperidine rings is 1. The number of rotatable bonds is 7. The second-order valence-corrected chi connectivity index (χ2v) is 8.93. The number of piperazine rings is 1. The van der Waals surface area contributed by atoms with Crippen LogP contribution in [-0.4, -0.2) is 85.4 Å². The molecule has 2 aliphatic heterocycles. The van der Waals surface area contributed by atoms with Crippen LogP contribution >= 0.6 is 0 Å². The molecule has 3 fully saturated rings. The molecule has 3 aliphatic rings. The highest BCUT2D eigenvalue weighted by Gasteiger charge is 2.29. The first-order chi connectivity index (χ1) is 13.7. The quantitative estimate of drug-likeness (QED) is 0.720. The number of hydrogen-bond acceptors (Lipinski definition) is 4. The lowest BCUT2D eigenvalue weighted by molar-refractivity contribution is -0.138. The van der Waals surface area contributed by atoms with Crippen LogP contribution in [0.3, 0.4) is 0 Å². The molecule has 0 aromatic carbocycles. The van der Waals surface area contributed by atoms with Crippen molar-refractivity contribution in [2.75, 3.05) is 58.9 Å². The summed E-state index contributed by atoms with van der Waals surface area (Å²) in [5, 5.41) is 3.11. The first-order valence-electron chi connectivity index (χ1n) is 11.7. The van der Waals surface area contributed by atoms with Crippen LogP contribution in [0.4, 0.5) is 0 Å². The van der Waals surface area contributed by atoms with E-state index in [-0.39, 0.29) is 11.8 Å². The van der Waals surface area contributed by atoms with Crippen molar-refractivity contribution in [1.82, 2.24) is 20.0 Å².